The molecule has 1 heterocycles. The number of carbonyl (C=O) groups is 1. The lowest BCUT2D eigenvalue weighted by atomic mass is 10.0. The van der Waals surface area contributed by atoms with Gasteiger partial charge in [0.25, 0.3) is 0 Å². The van der Waals surface area contributed by atoms with Gasteiger partial charge < -0.3 is 15.8 Å². The summed E-state index contributed by atoms with van der Waals surface area (Å²) < 4.78 is 5.28. The molecular weight excluding hydrogens is 192 g/mol. The van der Waals surface area contributed by atoms with Crippen molar-refractivity contribution < 1.29 is 9.53 Å². The molecule has 3 N–H and O–H groups in total. The third kappa shape index (κ3) is 2.92. The lowest BCUT2D eigenvalue weighted by Crippen LogP contribution is -2.48. The maximum Gasteiger partial charge on any atom is 0.222 e. The van der Waals surface area contributed by atoms with Crippen molar-refractivity contribution in [2.45, 2.75) is 44.2 Å². The molecule has 4 nitrogen and oxygen atoms in total. The molecule has 15 heavy (non-hydrogen) atoms. The Morgan fingerprint density at radius 2 is 2.40 bits per heavy atom. The minimum atomic E-state index is -0.166. The van der Waals surface area contributed by atoms with Gasteiger partial charge in [-0.3, -0.25) is 4.79 Å². The second kappa shape index (κ2) is 4.10. The normalized spacial score (nSPS) is 32.7. The second-order valence-electron chi connectivity index (χ2n) is 5.12. The Kier molecular flexibility index (Phi) is 2.98. The highest BCUT2D eigenvalue weighted by atomic mass is 16.5. The van der Waals surface area contributed by atoms with E-state index in [0.717, 1.165) is 13.0 Å². The molecule has 1 aliphatic carbocycles. The maximum atomic E-state index is 11.7. The minimum absolute atomic E-state index is 0.0518. The van der Waals surface area contributed by atoms with Crippen molar-refractivity contribution in [1.82, 2.24) is 5.32 Å². The van der Waals surface area contributed by atoms with Gasteiger partial charge in [0, 0.05) is 19.1 Å². The molecule has 1 amide bonds. The van der Waals surface area contributed by atoms with Crippen molar-refractivity contribution in [1.29, 1.82) is 0 Å². The summed E-state index contributed by atoms with van der Waals surface area (Å²) in [5.74, 6) is 0.658. The molecule has 2 atom stereocenters. The molecule has 0 radical (unpaired) electrons. The molecular formula is C11H20N2O2. The van der Waals surface area contributed by atoms with Gasteiger partial charge in [-0.2, -0.15) is 0 Å². The summed E-state index contributed by atoms with van der Waals surface area (Å²) >= 11 is 0. The fourth-order valence-corrected chi connectivity index (χ4v) is 2.06. The van der Waals surface area contributed by atoms with E-state index >= 15 is 0 Å². The molecule has 1 saturated heterocycles. The molecule has 1 aliphatic heterocycles. The van der Waals surface area contributed by atoms with E-state index in [0.29, 0.717) is 18.9 Å². The number of ether oxygens (including phenoxy) is 1. The molecule has 2 unspecified atom stereocenters. The van der Waals surface area contributed by atoms with Crippen LogP contribution in [0, 0.1) is 5.92 Å². The van der Waals surface area contributed by atoms with E-state index in [2.05, 4.69) is 5.32 Å². The molecule has 1 saturated carbocycles. The van der Waals surface area contributed by atoms with Crippen molar-refractivity contribution in [3.8, 4) is 0 Å². The zero-order valence-corrected chi connectivity index (χ0v) is 9.29. The number of rotatable bonds is 4. The van der Waals surface area contributed by atoms with Gasteiger partial charge in [0.2, 0.25) is 5.91 Å². The molecule has 4 heteroatoms. The Morgan fingerprint density at radius 3 is 2.93 bits per heavy atom. The molecule has 0 aromatic heterocycles. The fourth-order valence-electron chi connectivity index (χ4n) is 2.06. The summed E-state index contributed by atoms with van der Waals surface area (Å²) in [6.07, 6.45) is 3.74. The van der Waals surface area contributed by atoms with Gasteiger partial charge in [0.1, 0.15) is 0 Å². The Morgan fingerprint density at radius 1 is 1.67 bits per heavy atom. The van der Waals surface area contributed by atoms with Crippen molar-refractivity contribution in [3.05, 3.63) is 0 Å². The zero-order valence-electron chi connectivity index (χ0n) is 9.29. The number of hydrogen-bond donors (Lipinski definition) is 2. The molecule has 2 fully saturated rings. The molecule has 2 aliphatic rings. The smallest absolute Gasteiger partial charge is 0.222 e. The van der Waals surface area contributed by atoms with Gasteiger partial charge in [-0.05, 0) is 32.1 Å². The molecule has 0 aromatic rings. The molecule has 0 spiro atoms. The van der Waals surface area contributed by atoms with Crippen LogP contribution in [0.4, 0.5) is 0 Å². The van der Waals surface area contributed by atoms with Gasteiger partial charge in [0.15, 0.2) is 0 Å². The van der Waals surface area contributed by atoms with Crippen LogP contribution in [0.3, 0.4) is 0 Å². The van der Waals surface area contributed by atoms with Gasteiger partial charge in [-0.15, -0.1) is 0 Å². The van der Waals surface area contributed by atoms with Gasteiger partial charge in [-0.1, -0.05) is 0 Å². The molecule has 0 aromatic carbocycles. The first-order valence-corrected chi connectivity index (χ1v) is 5.73. The maximum absolute atomic E-state index is 11.7. The third-order valence-corrected chi connectivity index (χ3v) is 3.31. The van der Waals surface area contributed by atoms with Gasteiger partial charge in [-0.25, -0.2) is 0 Å². The number of amides is 1. The van der Waals surface area contributed by atoms with Crippen LogP contribution in [-0.2, 0) is 9.53 Å². The molecule has 2 rings (SSSR count). The highest BCUT2D eigenvalue weighted by molar-refractivity contribution is 5.77. The summed E-state index contributed by atoms with van der Waals surface area (Å²) in [6, 6.07) is 0.0518. The number of nitrogens with one attached hydrogen (secondary N) is 1. The largest absolute Gasteiger partial charge is 0.379 e. The predicted molar refractivity (Wildman–Crippen MR) is 57.3 cm³/mol. The van der Waals surface area contributed by atoms with Crippen molar-refractivity contribution >= 4 is 5.91 Å². The predicted octanol–water partition coefficient (Wildman–Crippen LogP) is 0.409. The molecule has 0 bridgehead atoms. The third-order valence-electron chi connectivity index (χ3n) is 3.31. The van der Waals surface area contributed by atoms with Crippen LogP contribution in [0.2, 0.25) is 0 Å². The summed E-state index contributed by atoms with van der Waals surface area (Å²) in [4.78, 5) is 11.7. The van der Waals surface area contributed by atoms with Crippen molar-refractivity contribution in [3.63, 3.8) is 0 Å². The number of nitrogens with two attached hydrogens (primary N) is 1. The lowest BCUT2D eigenvalue weighted by molar-refractivity contribution is -0.123. The van der Waals surface area contributed by atoms with E-state index in [-0.39, 0.29) is 17.5 Å². The Balaban J connectivity index is 1.75. The van der Waals surface area contributed by atoms with E-state index in [4.69, 9.17) is 10.5 Å². The highest BCUT2D eigenvalue weighted by Crippen LogP contribution is 2.32. The Hall–Kier alpha value is -0.610. The SMILES string of the molecule is CC1(NC(=O)CC(N)C2CC2)CCOC1. The first kappa shape index (κ1) is 10.9. The van der Waals surface area contributed by atoms with Gasteiger partial charge >= 0.3 is 0 Å². The second-order valence-corrected chi connectivity index (χ2v) is 5.12. The summed E-state index contributed by atoms with van der Waals surface area (Å²) in [5, 5.41) is 3.02. The Labute approximate surface area is 90.5 Å². The van der Waals surface area contributed by atoms with Crippen LogP contribution in [0.1, 0.15) is 32.6 Å². The average Bonchev–Trinajstić information content (AvgIpc) is 2.90. The first-order chi connectivity index (χ1) is 7.09. The van der Waals surface area contributed by atoms with E-state index < -0.39 is 0 Å². The number of hydrogen-bond acceptors (Lipinski definition) is 3. The van der Waals surface area contributed by atoms with Crippen LogP contribution in [0.25, 0.3) is 0 Å². The standard InChI is InChI=1S/C11H20N2O2/c1-11(4-5-15-7-11)13-10(14)6-9(12)8-2-3-8/h8-9H,2-7,12H2,1H3,(H,13,14). The lowest BCUT2D eigenvalue weighted by Gasteiger charge is -2.24. The topological polar surface area (TPSA) is 64.4 Å². The number of carbonyl (C=O) groups excluding carboxylic acids is 1. The fraction of sp³-hybridized carbons (Fsp3) is 0.909. The van der Waals surface area contributed by atoms with E-state index in [1.807, 2.05) is 6.92 Å². The van der Waals surface area contributed by atoms with Crippen molar-refractivity contribution in [2.24, 2.45) is 11.7 Å². The molecule has 86 valence electrons. The summed E-state index contributed by atoms with van der Waals surface area (Å²) in [5.41, 5.74) is 5.74. The van der Waals surface area contributed by atoms with Crippen LogP contribution in [-0.4, -0.2) is 30.7 Å². The Bertz CT molecular complexity index is 245. The average molecular weight is 212 g/mol. The van der Waals surface area contributed by atoms with Crippen LogP contribution in [0.15, 0.2) is 0 Å². The summed E-state index contributed by atoms with van der Waals surface area (Å²) in [6.45, 7) is 3.39. The van der Waals surface area contributed by atoms with Crippen molar-refractivity contribution in [2.75, 3.05) is 13.2 Å². The highest BCUT2D eigenvalue weighted by Gasteiger charge is 2.34. The van der Waals surface area contributed by atoms with E-state index in [9.17, 15) is 4.79 Å². The summed E-state index contributed by atoms with van der Waals surface area (Å²) in [7, 11) is 0. The van der Waals surface area contributed by atoms with Crippen LogP contribution in [0.5, 0.6) is 0 Å². The van der Waals surface area contributed by atoms with E-state index in [1.54, 1.807) is 0 Å². The quantitative estimate of drug-likeness (QED) is 0.709. The first-order valence-electron chi connectivity index (χ1n) is 5.73. The minimum Gasteiger partial charge on any atom is -0.379 e. The van der Waals surface area contributed by atoms with Crippen LogP contribution < -0.4 is 11.1 Å². The van der Waals surface area contributed by atoms with Crippen LogP contribution >= 0.6 is 0 Å². The zero-order chi connectivity index (χ0) is 10.9. The monoisotopic (exact) mass is 212 g/mol. The van der Waals surface area contributed by atoms with E-state index in [1.165, 1.54) is 12.8 Å². The van der Waals surface area contributed by atoms with Gasteiger partial charge in [0.05, 0.1) is 12.1 Å².